The second kappa shape index (κ2) is 5.61. The summed E-state index contributed by atoms with van der Waals surface area (Å²) in [5.74, 6) is 0.305. The van der Waals surface area contributed by atoms with Gasteiger partial charge in [0.15, 0.2) is 0 Å². The number of aromatic amines is 1. The minimum absolute atomic E-state index is 0.305. The molecule has 28 heavy (non-hydrogen) atoms. The summed E-state index contributed by atoms with van der Waals surface area (Å²) in [4.78, 5) is 3.63. The van der Waals surface area contributed by atoms with Gasteiger partial charge in [-0.1, -0.05) is 72.8 Å². The molecule has 0 amide bonds. The molecular weight excluding hydrogens is 342 g/mol. The molecule has 5 aromatic carbocycles. The first-order chi connectivity index (χ1) is 13.8. The maximum Gasteiger partial charge on any atom is 0.123 e. The van der Waals surface area contributed by atoms with E-state index in [2.05, 4.69) is 71.7 Å². The average molecular weight is 359 g/mol. The largest absolute Gasteiger partial charge is 0.507 e. The van der Waals surface area contributed by atoms with Gasteiger partial charge in [-0.3, -0.25) is 0 Å². The molecule has 1 heterocycles. The zero-order chi connectivity index (χ0) is 18.7. The van der Waals surface area contributed by atoms with Crippen molar-refractivity contribution in [2.75, 3.05) is 0 Å². The summed E-state index contributed by atoms with van der Waals surface area (Å²) in [6.07, 6.45) is 0. The molecular formula is C26H17NO. The van der Waals surface area contributed by atoms with E-state index < -0.39 is 0 Å². The molecule has 0 aliphatic heterocycles. The van der Waals surface area contributed by atoms with Gasteiger partial charge in [-0.05, 0) is 39.9 Å². The van der Waals surface area contributed by atoms with Gasteiger partial charge < -0.3 is 10.1 Å². The third kappa shape index (κ3) is 2.03. The van der Waals surface area contributed by atoms with Gasteiger partial charge in [0.1, 0.15) is 5.75 Å². The van der Waals surface area contributed by atoms with Crippen LogP contribution in [0.5, 0.6) is 5.75 Å². The van der Waals surface area contributed by atoms with Crippen molar-refractivity contribution in [2.24, 2.45) is 0 Å². The Kier molecular flexibility index (Phi) is 3.06. The van der Waals surface area contributed by atoms with Gasteiger partial charge in [0.2, 0.25) is 0 Å². The first-order valence-corrected chi connectivity index (χ1v) is 9.44. The minimum atomic E-state index is 0.305. The number of H-pyrrole nitrogens is 1. The van der Waals surface area contributed by atoms with E-state index in [0.717, 1.165) is 16.6 Å². The molecule has 0 aliphatic rings. The zero-order valence-corrected chi connectivity index (χ0v) is 15.1. The molecule has 0 aliphatic carbocycles. The predicted molar refractivity (Wildman–Crippen MR) is 118 cm³/mol. The molecule has 0 bridgehead atoms. The fourth-order valence-corrected chi connectivity index (χ4v) is 4.43. The first kappa shape index (κ1) is 15.3. The van der Waals surface area contributed by atoms with Gasteiger partial charge >= 0.3 is 0 Å². The van der Waals surface area contributed by atoms with Crippen molar-refractivity contribution in [1.82, 2.24) is 4.98 Å². The lowest BCUT2D eigenvalue weighted by Gasteiger charge is -2.11. The molecule has 2 nitrogen and oxygen atoms in total. The minimum Gasteiger partial charge on any atom is -0.507 e. The van der Waals surface area contributed by atoms with Gasteiger partial charge in [0.05, 0.1) is 5.52 Å². The van der Waals surface area contributed by atoms with Crippen molar-refractivity contribution >= 4 is 43.4 Å². The number of benzene rings is 5. The highest BCUT2D eigenvalue weighted by atomic mass is 16.3. The number of aromatic hydroxyl groups is 1. The van der Waals surface area contributed by atoms with Crippen molar-refractivity contribution in [1.29, 1.82) is 0 Å². The van der Waals surface area contributed by atoms with Gasteiger partial charge in [-0.15, -0.1) is 0 Å². The summed E-state index contributed by atoms with van der Waals surface area (Å²) in [5.41, 5.74) is 4.21. The summed E-state index contributed by atoms with van der Waals surface area (Å²) >= 11 is 0. The normalized spacial score (nSPS) is 11.7. The molecule has 0 saturated carbocycles. The van der Waals surface area contributed by atoms with Crippen LogP contribution in [0.2, 0.25) is 0 Å². The number of hydrogen-bond acceptors (Lipinski definition) is 1. The number of fused-ring (bicyclic) bond motifs is 8. The number of phenolic OH excluding ortho intramolecular Hbond substituents is 1. The average Bonchev–Trinajstić information content (AvgIpc) is 3.14. The van der Waals surface area contributed by atoms with E-state index in [0.29, 0.717) is 5.75 Å². The van der Waals surface area contributed by atoms with Gasteiger partial charge in [0, 0.05) is 27.2 Å². The van der Waals surface area contributed by atoms with Gasteiger partial charge in [-0.25, -0.2) is 0 Å². The number of rotatable bonds is 1. The maximum atomic E-state index is 10.3. The van der Waals surface area contributed by atoms with E-state index in [9.17, 15) is 5.11 Å². The molecule has 2 N–H and O–H groups in total. The van der Waals surface area contributed by atoms with Crippen LogP contribution in [-0.2, 0) is 0 Å². The van der Waals surface area contributed by atoms with E-state index >= 15 is 0 Å². The third-order valence-electron chi connectivity index (χ3n) is 5.70. The maximum absolute atomic E-state index is 10.3. The highest BCUT2D eigenvalue weighted by Crippen LogP contribution is 2.41. The Labute approximate surface area is 161 Å². The second-order valence-electron chi connectivity index (χ2n) is 7.24. The fourth-order valence-electron chi connectivity index (χ4n) is 4.43. The van der Waals surface area contributed by atoms with Crippen LogP contribution in [0, 0.1) is 0 Å². The van der Waals surface area contributed by atoms with E-state index in [-0.39, 0.29) is 0 Å². The van der Waals surface area contributed by atoms with E-state index in [1.54, 1.807) is 6.07 Å². The molecule has 0 spiro atoms. The molecule has 1 aromatic heterocycles. The van der Waals surface area contributed by atoms with E-state index in [1.807, 2.05) is 18.2 Å². The van der Waals surface area contributed by atoms with Crippen molar-refractivity contribution in [3.63, 3.8) is 0 Å². The summed E-state index contributed by atoms with van der Waals surface area (Å²) < 4.78 is 0. The van der Waals surface area contributed by atoms with Crippen LogP contribution in [-0.4, -0.2) is 10.1 Å². The summed E-state index contributed by atoms with van der Waals surface area (Å²) in [6, 6.07) is 31.0. The predicted octanol–water partition coefficient (Wildman–Crippen LogP) is 7.00. The molecule has 0 radical (unpaired) electrons. The monoisotopic (exact) mass is 359 g/mol. The SMILES string of the molecule is Oc1ccccc1-c1ccc2c(c1)c1ccccc1c1[nH]c3ccccc3c21. The topological polar surface area (TPSA) is 36.0 Å². The van der Waals surface area contributed by atoms with Crippen LogP contribution in [0.15, 0.2) is 91.0 Å². The summed E-state index contributed by atoms with van der Waals surface area (Å²) in [7, 11) is 0. The molecule has 2 heteroatoms. The second-order valence-corrected chi connectivity index (χ2v) is 7.24. The highest BCUT2D eigenvalue weighted by Gasteiger charge is 2.14. The smallest absolute Gasteiger partial charge is 0.123 e. The van der Waals surface area contributed by atoms with E-state index in [4.69, 9.17) is 0 Å². The van der Waals surface area contributed by atoms with Crippen LogP contribution < -0.4 is 0 Å². The van der Waals surface area contributed by atoms with Crippen molar-refractivity contribution in [3.05, 3.63) is 91.0 Å². The Morgan fingerprint density at radius 2 is 1.29 bits per heavy atom. The standard InChI is InChI=1S/C26H17NO/c28-24-12-6-4-7-17(24)16-13-14-19-22(15-16)18-8-1-2-9-20(18)26-25(19)21-10-3-5-11-23(21)27-26/h1-15,27-28H. The Morgan fingerprint density at radius 1 is 0.571 bits per heavy atom. The van der Waals surface area contributed by atoms with Gasteiger partial charge in [-0.2, -0.15) is 0 Å². The number of phenols is 1. The Morgan fingerprint density at radius 3 is 2.14 bits per heavy atom. The summed E-state index contributed by atoms with van der Waals surface area (Å²) in [5, 5.41) is 17.7. The lowest BCUT2D eigenvalue weighted by molar-refractivity contribution is 0.477. The van der Waals surface area contributed by atoms with Crippen LogP contribution in [0.3, 0.4) is 0 Å². The lowest BCUT2D eigenvalue weighted by atomic mass is 9.93. The number of hydrogen-bond donors (Lipinski definition) is 2. The molecule has 0 fully saturated rings. The lowest BCUT2D eigenvalue weighted by Crippen LogP contribution is -1.84. The summed E-state index contributed by atoms with van der Waals surface area (Å²) in [6.45, 7) is 0. The molecule has 132 valence electrons. The molecule has 0 saturated heterocycles. The number of aromatic nitrogens is 1. The molecule has 0 unspecified atom stereocenters. The van der Waals surface area contributed by atoms with E-state index in [1.165, 1.54) is 37.8 Å². The number of para-hydroxylation sites is 2. The van der Waals surface area contributed by atoms with Crippen LogP contribution >= 0.6 is 0 Å². The quantitative estimate of drug-likeness (QED) is 0.305. The third-order valence-corrected chi connectivity index (χ3v) is 5.70. The van der Waals surface area contributed by atoms with Crippen molar-refractivity contribution < 1.29 is 5.11 Å². The Balaban J connectivity index is 1.83. The Bertz CT molecular complexity index is 1520. The first-order valence-electron chi connectivity index (χ1n) is 9.44. The van der Waals surface area contributed by atoms with Crippen molar-refractivity contribution in [3.8, 4) is 16.9 Å². The molecule has 6 rings (SSSR count). The molecule has 0 atom stereocenters. The number of nitrogens with one attached hydrogen (secondary N) is 1. The fraction of sp³-hybridized carbons (Fsp3) is 0. The van der Waals surface area contributed by atoms with Crippen LogP contribution in [0.4, 0.5) is 0 Å². The molecule has 6 aromatic rings. The van der Waals surface area contributed by atoms with Gasteiger partial charge in [0.25, 0.3) is 0 Å². The highest BCUT2D eigenvalue weighted by molar-refractivity contribution is 6.31. The van der Waals surface area contributed by atoms with Crippen LogP contribution in [0.1, 0.15) is 0 Å². The van der Waals surface area contributed by atoms with Crippen LogP contribution in [0.25, 0.3) is 54.5 Å². The Hall–Kier alpha value is -3.78. The van der Waals surface area contributed by atoms with Crippen molar-refractivity contribution in [2.45, 2.75) is 0 Å². The zero-order valence-electron chi connectivity index (χ0n) is 15.1.